The molecule has 30 heavy (non-hydrogen) atoms. The summed E-state index contributed by atoms with van der Waals surface area (Å²) in [7, 11) is 0. The molecule has 0 radical (unpaired) electrons. The summed E-state index contributed by atoms with van der Waals surface area (Å²) in [6.07, 6.45) is 0. The maximum absolute atomic E-state index is 2.51. The van der Waals surface area contributed by atoms with Crippen LogP contribution in [0.2, 0.25) is 5.82 Å². The van der Waals surface area contributed by atoms with Gasteiger partial charge in [0.2, 0.25) is 6.71 Å². The molecule has 144 valence electrons. The van der Waals surface area contributed by atoms with E-state index in [1.54, 1.807) is 0 Å². The predicted octanol–water partition coefficient (Wildman–Crippen LogP) is 4.97. The Morgan fingerprint density at radius 1 is 0.500 bits per heavy atom. The third-order valence-corrected chi connectivity index (χ3v) is 6.57. The number of hydrogen-bond donors (Lipinski definition) is 0. The molecule has 0 spiro atoms. The van der Waals surface area contributed by atoms with Crippen molar-refractivity contribution in [1.29, 1.82) is 0 Å². The van der Waals surface area contributed by atoms with Gasteiger partial charge in [-0.05, 0) is 42.2 Å². The molecular weight excluding hydrogens is 363 g/mol. The zero-order chi connectivity index (χ0) is 19.9. The van der Waals surface area contributed by atoms with E-state index in [1.807, 2.05) is 0 Å². The van der Waals surface area contributed by atoms with Crippen LogP contribution in [0.15, 0.2) is 109 Å². The Hall–Kier alpha value is -3.46. The van der Waals surface area contributed by atoms with Crippen molar-refractivity contribution in [3.8, 4) is 0 Å². The van der Waals surface area contributed by atoms with E-state index in [4.69, 9.17) is 0 Å². The smallest absolute Gasteiger partial charge is 0.221 e. The van der Waals surface area contributed by atoms with E-state index in [2.05, 4.69) is 119 Å². The number of rotatable bonds is 2. The molecule has 2 aliphatic rings. The highest BCUT2D eigenvalue weighted by molar-refractivity contribution is 6.89. The predicted molar refractivity (Wildman–Crippen MR) is 129 cm³/mol. The SMILES string of the molecule is c1ccc(N2CC3CN(c4ccccc4)c4ccccc4B3c3ccccc32)cc1. The van der Waals surface area contributed by atoms with Gasteiger partial charge in [-0.15, -0.1) is 0 Å². The van der Waals surface area contributed by atoms with Gasteiger partial charge in [0.25, 0.3) is 0 Å². The summed E-state index contributed by atoms with van der Waals surface area (Å²) < 4.78 is 0. The lowest BCUT2D eigenvalue weighted by Crippen LogP contribution is -2.60. The van der Waals surface area contributed by atoms with Crippen molar-refractivity contribution in [1.82, 2.24) is 0 Å². The number of para-hydroxylation sites is 4. The molecule has 0 N–H and O–H groups in total. The second kappa shape index (κ2) is 7.10. The first kappa shape index (κ1) is 17.4. The minimum absolute atomic E-state index is 0.428. The molecule has 2 aliphatic heterocycles. The van der Waals surface area contributed by atoms with Crippen LogP contribution in [0, 0.1) is 0 Å². The van der Waals surface area contributed by atoms with E-state index < -0.39 is 0 Å². The summed E-state index contributed by atoms with van der Waals surface area (Å²) in [4.78, 5) is 5.02. The highest BCUT2D eigenvalue weighted by atomic mass is 15.2. The summed E-state index contributed by atoms with van der Waals surface area (Å²) in [5.41, 5.74) is 8.11. The zero-order valence-corrected chi connectivity index (χ0v) is 16.9. The van der Waals surface area contributed by atoms with Crippen LogP contribution in [-0.4, -0.2) is 19.8 Å². The number of nitrogens with zero attached hydrogens (tertiary/aromatic N) is 2. The molecule has 6 rings (SSSR count). The first-order valence-corrected chi connectivity index (χ1v) is 10.7. The Balaban J connectivity index is 1.52. The fourth-order valence-corrected chi connectivity index (χ4v) is 5.31. The molecule has 0 aliphatic carbocycles. The Bertz CT molecular complexity index is 1080. The summed E-state index contributed by atoms with van der Waals surface area (Å²) in [6.45, 7) is 2.46. The van der Waals surface area contributed by atoms with E-state index in [0.717, 1.165) is 13.1 Å². The Morgan fingerprint density at radius 2 is 0.900 bits per heavy atom. The van der Waals surface area contributed by atoms with Crippen LogP contribution in [0.5, 0.6) is 0 Å². The molecule has 2 nitrogen and oxygen atoms in total. The monoisotopic (exact) mass is 386 g/mol. The van der Waals surface area contributed by atoms with Crippen molar-refractivity contribution < 1.29 is 0 Å². The lowest BCUT2D eigenvalue weighted by atomic mass is 9.30. The highest BCUT2D eigenvalue weighted by Crippen LogP contribution is 2.39. The first-order chi connectivity index (χ1) is 14.9. The quantitative estimate of drug-likeness (QED) is 0.449. The fourth-order valence-electron chi connectivity index (χ4n) is 5.31. The van der Waals surface area contributed by atoms with E-state index >= 15 is 0 Å². The van der Waals surface area contributed by atoms with Crippen LogP contribution in [0.1, 0.15) is 0 Å². The average molecular weight is 386 g/mol. The maximum Gasteiger partial charge on any atom is 0.221 e. The van der Waals surface area contributed by atoms with Crippen molar-refractivity contribution in [3.63, 3.8) is 0 Å². The van der Waals surface area contributed by atoms with E-state index in [1.165, 1.54) is 33.7 Å². The van der Waals surface area contributed by atoms with Gasteiger partial charge < -0.3 is 9.80 Å². The molecule has 0 saturated carbocycles. The van der Waals surface area contributed by atoms with Gasteiger partial charge in [0.05, 0.1) is 0 Å². The van der Waals surface area contributed by atoms with Gasteiger partial charge in [-0.2, -0.15) is 0 Å². The van der Waals surface area contributed by atoms with Gasteiger partial charge in [-0.3, -0.25) is 0 Å². The molecule has 0 saturated heterocycles. The Morgan fingerprint density at radius 3 is 1.37 bits per heavy atom. The normalized spacial score (nSPS) is 15.4. The van der Waals surface area contributed by atoms with Crippen molar-refractivity contribution in [2.75, 3.05) is 22.9 Å². The van der Waals surface area contributed by atoms with Gasteiger partial charge in [0, 0.05) is 35.8 Å². The number of benzene rings is 4. The Labute approximate surface area is 178 Å². The minimum Gasteiger partial charge on any atom is -0.342 e. The van der Waals surface area contributed by atoms with Gasteiger partial charge >= 0.3 is 0 Å². The molecule has 3 heteroatoms. The largest absolute Gasteiger partial charge is 0.342 e. The highest BCUT2D eigenvalue weighted by Gasteiger charge is 2.43. The van der Waals surface area contributed by atoms with Crippen LogP contribution >= 0.6 is 0 Å². The van der Waals surface area contributed by atoms with Crippen LogP contribution in [0.4, 0.5) is 22.7 Å². The third kappa shape index (κ3) is 2.73. The molecule has 0 unspecified atom stereocenters. The van der Waals surface area contributed by atoms with Crippen molar-refractivity contribution >= 4 is 40.4 Å². The van der Waals surface area contributed by atoms with Gasteiger partial charge in [-0.1, -0.05) is 83.7 Å². The molecule has 4 aromatic rings. The standard InChI is InChI=1S/C27H23BN2/c1-3-11-22(12-4-1)29-19-21-20-30(23-13-5-2-6-14-23)27-18-10-8-16-25(27)28(21)24-15-7-9-17-26(24)29/h1-18,21H,19-20H2. The fraction of sp³-hybridized carbons (Fsp3) is 0.111. The van der Waals surface area contributed by atoms with Gasteiger partial charge in [0.15, 0.2) is 0 Å². The van der Waals surface area contributed by atoms with Crippen LogP contribution in [-0.2, 0) is 0 Å². The number of fused-ring (bicyclic) bond motifs is 5. The second-order valence-electron chi connectivity index (χ2n) is 8.25. The molecular formula is C27H23BN2. The van der Waals surface area contributed by atoms with E-state index in [0.29, 0.717) is 12.5 Å². The van der Waals surface area contributed by atoms with Crippen molar-refractivity contribution in [2.24, 2.45) is 0 Å². The first-order valence-electron chi connectivity index (χ1n) is 10.7. The molecule has 0 atom stereocenters. The van der Waals surface area contributed by atoms with Crippen molar-refractivity contribution in [3.05, 3.63) is 109 Å². The van der Waals surface area contributed by atoms with E-state index in [-0.39, 0.29) is 0 Å². The zero-order valence-electron chi connectivity index (χ0n) is 16.9. The maximum atomic E-state index is 2.51. The van der Waals surface area contributed by atoms with Crippen LogP contribution < -0.4 is 20.7 Å². The topological polar surface area (TPSA) is 6.48 Å². The second-order valence-corrected chi connectivity index (χ2v) is 8.25. The Kier molecular flexibility index (Phi) is 4.12. The van der Waals surface area contributed by atoms with Crippen molar-refractivity contribution in [2.45, 2.75) is 5.82 Å². The summed E-state index contributed by atoms with van der Waals surface area (Å²) in [5, 5.41) is 0. The summed E-state index contributed by atoms with van der Waals surface area (Å²) >= 11 is 0. The van der Waals surface area contributed by atoms with Crippen LogP contribution in [0.25, 0.3) is 0 Å². The molecule has 0 amide bonds. The average Bonchev–Trinajstić information content (AvgIpc) is 2.84. The molecule has 0 aromatic heterocycles. The lowest BCUT2D eigenvalue weighted by Gasteiger charge is -2.46. The summed E-state index contributed by atoms with van der Waals surface area (Å²) in [5.74, 6) is 0.509. The lowest BCUT2D eigenvalue weighted by molar-refractivity contribution is 0.769. The third-order valence-electron chi connectivity index (χ3n) is 6.57. The number of anilines is 4. The van der Waals surface area contributed by atoms with Gasteiger partial charge in [0.1, 0.15) is 0 Å². The van der Waals surface area contributed by atoms with Gasteiger partial charge in [-0.25, -0.2) is 0 Å². The van der Waals surface area contributed by atoms with E-state index in [9.17, 15) is 0 Å². The number of hydrogen-bond acceptors (Lipinski definition) is 2. The molecule has 4 aromatic carbocycles. The summed E-state index contributed by atoms with van der Waals surface area (Å²) in [6, 6.07) is 39.6. The molecule has 2 heterocycles. The minimum atomic E-state index is 0.428. The molecule has 0 bridgehead atoms. The van der Waals surface area contributed by atoms with Crippen LogP contribution in [0.3, 0.4) is 0 Å². The molecule has 0 fully saturated rings.